The first-order valence-electron chi connectivity index (χ1n) is 4.73. The van der Waals surface area contributed by atoms with Crippen molar-refractivity contribution in [2.24, 2.45) is 5.92 Å². The standard InChI is InChI=1S/C10H10BrNO3/c11-9-4-3-8(12(13)14)5-10(9)15-6-7-1-2-7/h3-5,7H,1-2,6H2. The van der Waals surface area contributed by atoms with Crippen LogP contribution in [0.3, 0.4) is 0 Å². The van der Waals surface area contributed by atoms with E-state index in [1.165, 1.54) is 25.0 Å². The summed E-state index contributed by atoms with van der Waals surface area (Å²) in [5.74, 6) is 1.19. The minimum absolute atomic E-state index is 0.0593. The minimum atomic E-state index is -0.420. The van der Waals surface area contributed by atoms with E-state index in [0.717, 1.165) is 4.47 Å². The number of non-ortho nitro benzene ring substituents is 1. The summed E-state index contributed by atoms with van der Waals surface area (Å²) in [7, 11) is 0. The molecule has 80 valence electrons. The lowest BCUT2D eigenvalue weighted by Crippen LogP contribution is -2.00. The monoisotopic (exact) mass is 271 g/mol. The SMILES string of the molecule is O=[N+]([O-])c1ccc(Br)c(OCC2CC2)c1. The first kappa shape index (κ1) is 10.4. The number of nitro benzene ring substituents is 1. The van der Waals surface area contributed by atoms with Gasteiger partial charge in [-0.05, 0) is 40.8 Å². The molecule has 0 bridgehead atoms. The molecule has 0 N–H and O–H groups in total. The Bertz CT molecular complexity index is 390. The van der Waals surface area contributed by atoms with E-state index in [1.54, 1.807) is 6.07 Å². The Morgan fingerprint density at radius 3 is 2.87 bits per heavy atom. The highest BCUT2D eigenvalue weighted by Gasteiger charge is 2.22. The summed E-state index contributed by atoms with van der Waals surface area (Å²) in [5, 5.41) is 10.5. The molecule has 1 aliphatic rings. The van der Waals surface area contributed by atoms with Gasteiger partial charge in [0.25, 0.3) is 5.69 Å². The lowest BCUT2D eigenvalue weighted by molar-refractivity contribution is -0.385. The van der Waals surface area contributed by atoms with Crippen molar-refractivity contribution in [3.8, 4) is 5.75 Å². The van der Waals surface area contributed by atoms with E-state index in [-0.39, 0.29) is 5.69 Å². The molecular formula is C10H10BrNO3. The van der Waals surface area contributed by atoms with Gasteiger partial charge in [-0.3, -0.25) is 10.1 Å². The van der Waals surface area contributed by atoms with Crippen LogP contribution < -0.4 is 4.74 Å². The maximum absolute atomic E-state index is 10.5. The van der Waals surface area contributed by atoms with Gasteiger partial charge in [-0.25, -0.2) is 0 Å². The molecule has 0 spiro atoms. The molecule has 0 unspecified atom stereocenters. The zero-order valence-electron chi connectivity index (χ0n) is 7.98. The van der Waals surface area contributed by atoms with Gasteiger partial charge in [0.1, 0.15) is 5.75 Å². The van der Waals surface area contributed by atoms with Gasteiger partial charge in [-0.15, -0.1) is 0 Å². The molecule has 1 aromatic carbocycles. The van der Waals surface area contributed by atoms with Crippen LogP contribution in [0, 0.1) is 16.0 Å². The van der Waals surface area contributed by atoms with E-state index in [2.05, 4.69) is 15.9 Å². The van der Waals surface area contributed by atoms with E-state index in [1.807, 2.05) is 0 Å². The molecule has 1 saturated carbocycles. The number of hydrogen-bond acceptors (Lipinski definition) is 3. The van der Waals surface area contributed by atoms with Crippen molar-refractivity contribution in [2.75, 3.05) is 6.61 Å². The summed E-state index contributed by atoms with van der Waals surface area (Å²) in [5.41, 5.74) is 0.0593. The van der Waals surface area contributed by atoms with Gasteiger partial charge < -0.3 is 4.74 Å². The van der Waals surface area contributed by atoms with Gasteiger partial charge >= 0.3 is 0 Å². The summed E-state index contributed by atoms with van der Waals surface area (Å²) in [6.45, 7) is 0.653. The molecule has 0 radical (unpaired) electrons. The number of nitrogens with zero attached hydrogens (tertiary/aromatic N) is 1. The summed E-state index contributed by atoms with van der Waals surface area (Å²) < 4.78 is 6.26. The second-order valence-electron chi connectivity index (χ2n) is 3.63. The van der Waals surface area contributed by atoms with Crippen LogP contribution >= 0.6 is 15.9 Å². The molecule has 15 heavy (non-hydrogen) atoms. The molecule has 1 aromatic rings. The van der Waals surface area contributed by atoms with E-state index < -0.39 is 4.92 Å². The average Bonchev–Trinajstić information content (AvgIpc) is 3.00. The Morgan fingerprint density at radius 2 is 2.27 bits per heavy atom. The first-order chi connectivity index (χ1) is 7.16. The zero-order chi connectivity index (χ0) is 10.8. The highest BCUT2D eigenvalue weighted by molar-refractivity contribution is 9.10. The predicted molar refractivity (Wildman–Crippen MR) is 59.0 cm³/mol. The largest absolute Gasteiger partial charge is 0.492 e. The topological polar surface area (TPSA) is 52.4 Å². The van der Waals surface area contributed by atoms with Crippen molar-refractivity contribution in [3.63, 3.8) is 0 Å². The minimum Gasteiger partial charge on any atom is -0.492 e. The summed E-state index contributed by atoms with van der Waals surface area (Å²) >= 11 is 3.30. The Morgan fingerprint density at radius 1 is 1.53 bits per heavy atom. The van der Waals surface area contributed by atoms with Crippen LogP contribution in [0.4, 0.5) is 5.69 Å². The molecule has 0 amide bonds. The smallest absolute Gasteiger partial charge is 0.273 e. The predicted octanol–water partition coefficient (Wildman–Crippen LogP) is 3.15. The van der Waals surface area contributed by atoms with Gasteiger partial charge in [-0.1, -0.05) is 0 Å². The van der Waals surface area contributed by atoms with Crippen LogP contribution in [0.5, 0.6) is 5.75 Å². The van der Waals surface area contributed by atoms with Crippen LogP contribution in [0.15, 0.2) is 22.7 Å². The summed E-state index contributed by atoms with van der Waals surface area (Å²) in [6.07, 6.45) is 2.40. The third-order valence-electron chi connectivity index (χ3n) is 2.30. The number of hydrogen-bond donors (Lipinski definition) is 0. The van der Waals surface area contributed by atoms with E-state index in [0.29, 0.717) is 18.3 Å². The fraction of sp³-hybridized carbons (Fsp3) is 0.400. The van der Waals surface area contributed by atoms with Gasteiger partial charge in [0, 0.05) is 6.07 Å². The van der Waals surface area contributed by atoms with Crippen LogP contribution in [0.25, 0.3) is 0 Å². The van der Waals surface area contributed by atoms with Crippen molar-refractivity contribution in [3.05, 3.63) is 32.8 Å². The molecule has 0 saturated heterocycles. The average molecular weight is 272 g/mol. The van der Waals surface area contributed by atoms with E-state index in [4.69, 9.17) is 4.74 Å². The van der Waals surface area contributed by atoms with Crippen LogP contribution in [-0.4, -0.2) is 11.5 Å². The normalized spacial score (nSPS) is 15.0. The Kier molecular flexibility index (Phi) is 2.90. The molecule has 0 heterocycles. The molecule has 2 rings (SSSR count). The number of halogens is 1. The Balaban J connectivity index is 2.12. The second kappa shape index (κ2) is 4.18. The van der Waals surface area contributed by atoms with E-state index >= 15 is 0 Å². The molecule has 4 nitrogen and oxygen atoms in total. The van der Waals surface area contributed by atoms with Crippen LogP contribution in [0.1, 0.15) is 12.8 Å². The van der Waals surface area contributed by atoms with Crippen molar-refractivity contribution in [1.82, 2.24) is 0 Å². The summed E-state index contributed by atoms with van der Waals surface area (Å²) in [4.78, 5) is 10.1. The number of nitro groups is 1. The van der Waals surface area contributed by atoms with Crippen molar-refractivity contribution >= 4 is 21.6 Å². The maximum Gasteiger partial charge on any atom is 0.273 e. The van der Waals surface area contributed by atoms with Crippen molar-refractivity contribution in [1.29, 1.82) is 0 Å². The van der Waals surface area contributed by atoms with Crippen molar-refractivity contribution in [2.45, 2.75) is 12.8 Å². The maximum atomic E-state index is 10.5. The lowest BCUT2D eigenvalue weighted by atomic mass is 10.3. The lowest BCUT2D eigenvalue weighted by Gasteiger charge is -2.06. The number of ether oxygens (including phenoxy) is 1. The molecule has 0 aromatic heterocycles. The molecule has 0 aliphatic heterocycles. The van der Waals surface area contributed by atoms with Gasteiger partial charge in [0.2, 0.25) is 0 Å². The highest BCUT2D eigenvalue weighted by atomic mass is 79.9. The molecule has 1 fully saturated rings. The number of rotatable bonds is 4. The quantitative estimate of drug-likeness (QED) is 0.625. The third kappa shape index (κ3) is 2.68. The molecule has 5 heteroatoms. The third-order valence-corrected chi connectivity index (χ3v) is 2.95. The van der Waals surface area contributed by atoms with Crippen LogP contribution in [-0.2, 0) is 0 Å². The van der Waals surface area contributed by atoms with Crippen molar-refractivity contribution < 1.29 is 9.66 Å². The fourth-order valence-corrected chi connectivity index (χ4v) is 1.57. The Hall–Kier alpha value is -1.10. The highest BCUT2D eigenvalue weighted by Crippen LogP contribution is 2.33. The molecular weight excluding hydrogens is 262 g/mol. The van der Waals surface area contributed by atoms with E-state index in [9.17, 15) is 10.1 Å². The molecule has 1 aliphatic carbocycles. The first-order valence-corrected chi connectivity index (χ1v) is 5.53. The fourth-order valence-electron chi connectivity index (χ4n) is 1.21. The Labute approximate surface area is 95.5 Å². The van der Waals surface area contributed by atoms with Gasteiger partial charge in [0.15, 0.2) is 0 Å². The second-order valence-corrected chi connectivity index (χ2v) is 4.48. The van der Waals surface area contributed by atoms with Gasteiger partial charge in [0.05, 0.1) is 22.1 Å². The molecule has 0 atom stereocenters. The summed E-state index contributed by atoms with van der Waals surface area (Å²) in [6, 6.07) is 4.54. The number of benzene rings is 1. The zero-order valence-corrected chi connectivity index (χ0v) is 9.57. The van der Waals surface area contributed by atoms with Gasteiger partial charge in [-0.2, -0.15) is 0 Å². The van der Waals surface area contributed by atoms with Crippen LogP contribution in [0.2, 0.25) is 0 Å².